The van der Waals surface area contributed by atoms with Crippen LogP contribution < -0.4 is 10.6 Å². The molecule has 0 unspecified atom stereocenters. The average molecular weight is 518 g/mol. The molecular formula is C28H25F2N5O3. The molecular weight excluding hydrogens is 492 g/mol. The third-order valence-corrected chi connectivity index (χ3v) is 6.41. The van der Waals surface area contributed by atoms with Gasteiger partial charge in [-0.2, -0.15) is 4.98 Å². The van der Waals surface area contributed by atoms with Crippen molar-refractivity contribution in [3.05, 3.63) is 102 Å². The molecule has 1 aliphatic heterocycles. The fourth-order valence-electron chi connectivity index (χ4n) is 4.31. The topological polar surface area (TPSA) is 98.1 Å². The van der Waals surface area contributed by atoms with Crippen LogP contribution in [0.3, 0.4) is 0 Å². The van der Waals surface area contributed by atoms with Gasteiger partial charge in [0.05, 0.1) is 6.54 Å². The summed E-state index contributed by atoms with van der Waals surface area (Å²) in [6.45, 7) is 0.915. The minimum atomic E-state index is -1.27. The average Bonchev–Trinajstić information content (AvgIpc) is 3.32. The Labute approximate surface area is 217 Å². The molecule has 2 heterocycles. The van der Waals surface area contributed by atoms with Crippen LogP contribution in [0.25, 0.3) is 11.4 Å². The maximum absolute atomic E-state index is 13.6. The van der Waals surface area contributed by atoms with Gasteiger partial charge in [-0.1, -0.05) is 30.3 Å². The molecule has 194 valence electrons. The van der Waals surface area contributed by atoms with Gasteiger partial charge in [0.15, 0.2) is 5.82 Å². The highest BCUT2D eigenvalue weighted by molar-refractivity contribution is 6.03. The summed E-state index contributed by atoms with van der Waals surface area (Å²) in [5.41, 5.74) is 0.547. The standard InChI is InChI=1S/C28H25F2N5O3/c29-22-10-6-20(7-11-22)24-31-27(34-35(24)18-19-4-2-1-3-5-19)32-26(37)28(14-16-38-17-15-28)33-25(36)21-8-12-23(30)13-9-21/h1-13H,14-18H2,(H,33,36)(H,32,34,37). The number of nitrogens with zero attached hydrogens (tertiary/aromatic N) is 3. The summed E-state index contributed by atoms with van der Waals surface area (Å²) in [7, 11) is 0. The van der Waals surface area contributed by atoms with Gasteiger partial charge in [-0.25, -0.2) is 13.5 Å². The highest BCUT2D eigenvalue weighted by Crippen LogP contribution is 2.25. The van der Waals surface area contributed by atoms with Crippen LogP contribution in [0.1, 0.15) is 28.8 Å². The maximum atomic E-state index is 13.6. The summed E-state index contributed by atoms with van der Waals surface area (Å²) < 4.78 is 34.0. The largest absolute Gasteiger partial charge is 0.381 e. The highest BCUT2D eigenvalue weighted by Gasteiger charge is 2.42. The number of rotatable bonds is 7. The summed E-state index contributed by atoms with van der Waals surface area (Å²) in [5, 5.41) is 10.1. The second-order valence-electron chi connectivity index (χ2n) is 9.02. The Bertz CT molecular complexity index is 1420. The zero-order valence-corrected chi connectivity index (χ0v) is 20.4. The van der Waals surface area contributed by atoms with Crippen molar-refractivity contribution in [2.45, 2.75) is 24.9 Å². The Hall–Kier alpha value is -4.44. The molecule has 1 aliphatic rings. The fourth-order valence-corrected chi connectivity index (χ4v) is 4.31. The smallest absolute Gasteiger partial charge is 0.252 e. The number of hydrogen-bond donors (Lipinski definition) is 2. The molecule has 8 nitrogen and oxygen atoms in total. The molecule has 2 N–H and O–H groups in total. The summed E-state index contributed by atoms with van der Waals surface area (Å²) >= 11 is 0. The van der Waals surface area contributed by atoms with Crippen LogP contribution in [0, 0.1) is 11.6 Å². The van der Waals surface area contributed by atoms with E-state index in [1.165, 1.54) is 36.4 Å². The maximum Gasteiger partial charge on any atom is 0.252 e. The predicted molar refractivity (Wildman–Crippen MR) is 136 cm³/mol. The van der Waals surface area contributed by atoms with Crippen molar-refractivity contribution in [2.75, 3.05) is 18.5 Å². The van der Waals surface area contributed by atoms with E-state index >= 15 is 0 Å². The first kappa shape index (κ1) is 25.2. The molecule has 1 aromatic heterocycles. The Morgan fingerprint density at radius 2 is 1.53 bits per heavy atom. The summed E-state index contributed by atoms with van der Waals surface area (Å²) in [6.07, 6.45) is 0.475. The van der Waals surface area contributed by atoms with Gasteiger partial charge in [0.2, 0.25) is 5.95 Å². The number of amides is 2. The number of ether oxygens (including phenoxy) is 1. The number of anilines is 1. The normalized spacial score (nSPS) is 14.6. The van der Waals surface area contributed by atoms with Crippen molar-refractivity contribution in [3.63, 3.8) is 0 Å². The quantitative estimate of drug-likeness (QED) is 0.383. The van der Waals surface area contributed by atoms with Gasteiger partial charge in [-0.15, -0.1) is 5.10 Å². The Morgan fingerprint density at radius 1 is 0.895 bits per heavy atom. The number of carbonyl (C=O) groups is 2. The van der Waals surface area contributed by atoms with Crippen LogP contribution >= 0.6 is 0 Å². The summed E-state index contributed by atoms with van der Waals surface area (Å²) in [6, 6.07) is 20.5. The zero-order chi connectivity index (χ0) is 26.5. The van der Waals surface area contributed by atoms with Gasteiger partial charge in [-0.05, 0) is 54.1 Å². The van der Waals surface area contributed by atoms with Gasteiger partial charge < -0.3 is 10.1 Å². The zero-order valence-electron chi connectivity index (χ0n) is 20.4. The van der Waals surface area contributed by atoms with Crippen LogP contribution in [0.5, 0.6) is 0 Å². The Morgan fingerprint density at radius 3 is 2.18 bits per heavy atom. The molecule has 1 fully saturated rings. The molecule has 0 spiro atoms. The van der Waals surface area contributed by atoms with Gasteiger partial charge in [-0.3, -0.25) is 14.9 Å². The van der Waals surface area contributed by atoms with E-state index in [1.807, 2.05) is 30.3 Å². The lowest BCUT2D eigenvalue weighted by molar-refractivity contribution is -0.125. The molecule has 3 aromatic carbocycles. The van der Waals surface area contributed by atoms with E-state index in [2.05, 4.69) is 20.7 Å². The van der Waals surface area contributed by atoms with Crippen molar-refractivity contribution in [2.24, 2.45) is 0 Å². The van der Waals surface area contributed by atoms with Crippen molar-refractivity contribution >= 4 is 17.8 Å². The second kappa shape index (κ2) is 10.9. The SMILES string of the molecule is O=C(NC1(C(=O)Nc2nc(-c3ccc(F)cc3)n(Cc3ccccc3)n2)CCOCC1)c1ccc(F)cc1. The van der Waals surface area contributed by atoms with Crippen LogP contribution in [0.15, 0.2) is 78.9 Å². The first-order valence-electron chi connectivity index (χ1n) is 12.1. The molecule has 0 bridgehead atoms. The number of benzene rings is 3. The van der Waals surface area contributed by atoms with Crippen molar-refractivity contribution in [1.82, 2.24) is 20.1 Å². The molecule has 0 radical (unpaired) electrons. The van der Waals surface area contributed by atoms with Crippen molar-refractivity contribution in [1.29, 1.82) is 0 Å². The number of hydrogen-bond acceptors (Lipinski definition) is 5. The molecule has 4 aromatic rings. The third kappa shape index (κ3) is 5.60. The monoisotopic (exact) mass is 517 g/mol. The van der Waals surface area contributed by atoms with Gasteiger partial charge >= 0.3 is 0 Å². The van der Waals surface area contributed by atoms with Gasteiger partial charge in [0.25, 0.3) is 11.8 Å². The number of nitrogens with one attached hydrogen (secondary N) is 2. The van der Waals surface area contributed by atoms with Gasteiger partial charge in [0.1, 0.15) is 17.2 Å². The van der Waals surface area contributed by atoms with E-state index in [9.17, 15) is 18.4 Å². The lowest BCUT2D eigenvalue weighted by Crippen LogP contribution is -2.59. The highest BCUT2D eigenvalue weighted by atomic mass is 19.1. The Kier molecular flexibility index (Phi) is 7.23. The molecule has 5 rings (SSSR count). The number of halogens is 2. The predicted octanol–water partition coefficient (Wildman–Crippen LogP) is 4.19. The summed E-state index contributed by atoms with van der Waals surface area (Å²) in [4.78, 5) is 31.1. The molecule has 0 aliphatic carbocycles. The lowest BCUT2D eigenvalue weighted by atomic mass is 9.88. The first-order chi connectivity index (χ1) is 18.4. The number of aromatic nitrogens is 3. The van der Waals surface area contributed by atoms with Crippen LogP contribution in [-0.4, -0.2) is 45.3 Å². The molecule has 10 heteroatoms. The van der Waals surface area contributed by atoms with Crippen LogP contribution in [0.2, 0.25) is 0 Å². The molecule has 0 atom stereocenters. The van der Waals surface area contributed by atoms with E-state index in [4.69, 9.17) is 4.74 Å². The van der Waals surface area contributed by atoms with Gasteiger partial charge in [0, 0.05) is 37.2 Å². The molecule has 38 heavy (non-hydrogen) atoms. The van der Waals surface area contributed by atoms with Crippen molar-refractivity contribution in [3.8, 4) is 11.4 Å². The minimum absolute atomic E-state index is 0.0483. The minimum Gasteiger partial charge on any atom is -0.381 e. The third-order valence-electron chi connectivity index (χ3n) is 6.41. The van der Waals surface area contributed by atoms with Crippen LogP contribution in [0.4, 0.5) is 14.7 Å². The molecule has 1 saturated heterocycles. The van der Waals surface area contributed by atoms with Crippen LogP contribution in [-0.2, 0) is 16.1 Å². The fraction of sp³-hybridized carbons (Fsp3) is 0.214. The van der Waals surface area contributed by atoms with E-state index in [1.54, 1.807) is 16.8 Å². The van der Waals surface area contributed by atoms with E-state index < -0.39 is 23.2 Å². The Balaban J connectivity index is 1.42. The van der Waals surface area contributed by atoms with E-state index in [0.29, 0.717) is 17.9 Å². The van der Waals surface area contributed by atoms with E-state index in [0.717, 1.165) is 5.56 Å². The first-order valence-corrected chi connectivity index (χ1v) is 12.1. The molecule has 2 amide bonds. The summed E-state index contributed by atoms with van der Waals surface area (Å²) in [5.74, 6) is -1.34. The van der Waals surface area contributed by atoms with E-state index in [-0.39, 0.29) is 43.4 Å². The lowest BCUT2D eigenvalue weighted by Gasteiger charge is -2.36. The van der Waals surface area contributed by atoms with Crippen molar-refractivity contribution < 1.29 is 23.1 Å². The second-order valence-corrected chi connectivity index (χ2v) is 9.02. The molecule has 0 saturated carbocycles. The number of carbonyl (C=O) groups excluding carboxylic acids is 2.